The van der Waals surface area contributed by atoms with Crippen molar-refractivity contribution in [2.24, 2.45) is 0 Å². The molecule has 0 saturated heterocycles. The molecule has 2 heterocycles. The molecule has 1 atom stereocenters. The molecule has 134 valence electrons. The van der Waals surface area contributed by atoms with Crippen molar-refractivity contribution >= 4 is 11.8 Å². The molecule has 1 aromatic heterocycles. The van der Waals surface area contributed by atoms with Crippen LogP contribution in [0.15, 0.2) is 42.6 Å². The summed E-state index contributed by atoms with van der Waals surface area (Å²) in [6.07, 6.45) is 7.00. The Bertz CT molecular complexity index is 799. The van der Waals surface area contributed by atoms with Gasteiger partial charge < -0.3 is 5.32 Å². The average molecular weight is 349 g/mol. The Hall–Kier alpha value is -2.53. The fraction of sp³-hybridized carbons (Fsp3) is 0.381. The highest BCUT2D eigenvalue weighted by molar-refractivity contribution is 6.21. The van der Waals surface area contributed by atoms with Crippen LogP contribution in [0.2, 0.25) is 0 Å². The number of nitrogens with one attached hydrogen (secondary N) is 1. The van der Waals surface area contributed by atoms with Gasteiger partial charge >= 0.3 is 0 Å². The van der Waals surface area contributed by atoms with Crippen LogP contribution in [-0.4, -0.2) is 34.8 Å². The maximum atomic E-state index is 12.3. The van der Waals surface area contributed by atoms with Crippen molar-refractivity contribution in [1.29, 1.82) is 0 Å². The van der Waals surface area contributed by atoms with E-state index >= 15 is 0 Å². The highest BCUT2D eigenvalue weighted by Gasteiger charge is 2.34. The molecule has 1 aromatic carbocycles. The van der Waals surface area contributed by atoms with Crippen LogP contribution in [0.4, 0.5) is 0 Å². The van der Waals surface area contributed by atoms with Crippen LogP contribution >= 0.6 is 0 Å². The SMILES string of the molecule is O=C1c2ccccc2C(=O)N1CCCCN[C@H]1CCCc2cccnc21. The van der Waals surface area contributed by atoms with Crippen molar-refractivity contribution in [3.05, 3.63) is 65.0 Å². The maximum Gasteiger partial charge on any atom is 0.261 e. The lowest BCUT2D eigenvalue weighted by atomic mass is 9.92. The molecule has 1 aliphatic heterocycles. The van der Waals surface area contributed by atoms with Crippen molar-refractivity contribution in [2.75, 3.05) is 13.1 Å². The van der Waals surface area contributed by atoms with E-state index in [2.05, 4.69) is 16.4 Å². The van der Waals surface area contributed by atoms with Crippen LogP contribution in [0.1, 0.15) is 63.7 Å². The second kappa shape index (κ2) is 7.38. The van der Waals surface area contributed by atoms with Gasteiger partial charge in [0.05, 0.1) is 16.8 Å². The minimum atomic E-state index is -0.163. The molecule has 0 spiro atoms. The van der Waals surface area contributed by atoms with E-state index in [9.17, 15) is 9.59 Å². The van der Waals surface area contributed by atoms with Crippen LogP contribution < -0.4 is 5.32 Å². The zero-order chi connectivity index (χ0) is 17.9. The number of unbranched alkanes of at least 4 members (excludes halogenated alkanes) is 1. The molecule has 1 N–H and O–H groups in total. The lowest BCUT2D eigenvalue weighted by Crippen LogP contribution is -2.31. The number of rotatable bonds is 6. The van der Waals surface area contributed by atoms with E-state index < -0.39 is 0 Å². The number of amides is 2. The zero-order valence-corrected chi connectivity index (χ0v) is 14.8. The zero-order valence-electron chi connectivity index (χ0n) is 14.8. The minimum absolute atomic E-state index is 0.163. The lowest BCUT2D eigenvalue weighted by molar-refractivity contribution is 0.0651. The van der Waals surface area contributed by atoms with Crippen LogP contribution in [0.5, 0.6) is 0 Å². The molecule has 5 nitrogen and oxygen atoms in total. The van der Waals surface area contributed by atoms with Crippen LogP contribution in [0.25, 0.3) is 0 Å². The summed E-state index contributed by atoms with van der Waals surface area (Å²) in [5.41, 5.74) is 3.59. The van der Waals surface area contributed by atoms with Gasteiger partial charge in [-0.3, -0.25) is 19.5 Å². The highest BCUT2D eigenvalue weighted by Crippen LogP contribution is 2.27. The van der Waals surface area contributed by atoms with E-state index in [0.29, 0.717) is 23.7 Å². The molecule has 2 aromatic rings. The molecular formula is C21H23N3O2. The summed E-state index contributed by atoms with van der Waals surface area (Å²) in [6, 6.07) is 11.5. The van der Waals surface area contributed by atoms with Gasteiger partial charge in [-0.15, -0.1) is 0 Å². The molecule has 0 saturated carbocycles. The molecule has 0 unspecified atom stereocenters. The average Bonchev–Trinajstić information content (AvgIpc) is 2.93. The Balaban J connectivity index is 1.26. The van der Waals surface area contributed by atoms with E-state index in [1.54, 1.807) is 24.3 Å². The van der Waals surface area contributed by atoms with Crippen LogP contribution in [0, 0.1) is 0 Å². The Morgan fingerprint density at radius 2 is 1.81 bits per heavy atom. The minimum Gasteiger partial charge on any atom is -0.309 e. The van der Waals surface area contributed by atoms with Gasteiger partial charge in [0.25, 0.3) is 11.8 Å². The molecule has 1 aliphatic carbocycles. The van der Waals surface area contributed by atoms with Crippen LogP contribution in [0.3, 0.4) is 0 Å². The second-order valence-electron chi connectivity index (χ2n) is 6.96. The number of hydrogen-bond donors (Lipinski definition) is 1. The predicted octanol–water partition coefficient (Wildman–Crippen LogP) is 3.13. The van der Waals surface area contributed by atoms with Gasteiger partial charge in [0, 0.05) is 18.8 Å². The smallest absolute Gasteiger partial charge is 0.261 e. The normalized spacial score (nSPS) is 18.8. The molecule has 26 heavy (non-hydrogen) atoms. The molecule has 2 aliphatic rings. The number of nitrogens with zero attached hydrogens (tertiary/aromatic N) is 2. The summed E-state index contributed by atoms with van der Waals surface area (Å²) in [7, 11) is 0. The Morgan fingerprint density at radius 3 is 2.58 bits per heavy atom. The molecule has 4 rings (SSSR count). The van der Waals surface area contributed by atoms with Gasteiger partial charge in [0.2, 0.25) is 0 Å². The van der Waals surface area contributed by atoms with E-state index in [4.69, 9.17) is 0 Å². The third-order valence-electron chi connectivity index (χ3n) is 5.27. The lowest BCUT2D eigenvalue weighted by Gasteiger charge is -2.25. The Morgan fingerprint density at radius 1 is 1.04 bits per heavy atom. The molecule has 0 fully saturated rings. The summed E-state index contributed by atoms with van der Waals surface area (Å²) in [6.45, 7) is 1.34. The Kier molecular flexibility index (Phi) is 4.80. The number of aryl methyl sites for hydroxylation is 1. The molecule has 2 amide bonds. The number of carbonyl (C=O) groups is 2. The van der Waals surface area contributed by atoms with Crippen molar-refractivity contribution in [3.63, 3.8) is 0 Å². The van der Waals surface area contributed by atoms with Gasteiger partial charge in [0.15, 0.2) is 0 Å². The molecule has 0 radical (unpaired) electrons. The summed E-state index contributed by atoms with van der Waals surface area (Å²) in [4.78, 5) is 30.6. The quantitative estimate of drug-likeness (QED) is 0.643. The van der Waals surface area contributed by atoms with Gasteiger partial charge in [0.1, 0.15) is 0 Å². The summed E-state index contributed by atoms with van der Waals surface area (Å²) < 4.78 is 0. The highest BCUT2D eigenvalue weighted by atomic mass is 16.2. The fourth-order valence-electron chi connectivity index (χ4n) is 3.92. The van der Waals surface area contributed by atoms with Gasteiger partial charge in [-0.25, -0.2) is 0 Å². The van der Waals surface area contributed by atoms with Gasteiger partial charge in [-0.05, 0) is 62.4 Å². The summed E-state index contributed by atoms with van der Waals surface area (Å²) >= 11 is 0. The van der Waals surface area contributed by atoms with Gasteiger partial charge in [-0.1, -0.05) is 18.2 Å². The van der Waals surface area contributed by atoms with Crippen LogP contribution in [-0.2, 0) is 6.42 Å². The number of pyridine rings is 1. The number of hydrogen-bond acceptors (Lipinski definition) is 4. The first-order chi connectivity index (χ1) is 12.8. The number of benzene rings is 1. The third-order valence-corrected chi connectivity index (χ3v) is 5.27. The largest absolute Gasteiger partial charge is 0.309 e. The van der Waals surface area contributed by atoms with E-state index in [-0.39, 0.29) is 11.8 Å². The van der Waals surface area contributed by atoms with Crippen molar-refractivity contribution in [1.82, 2.24) is 15.2 Å². The third kappa shape index (κ3) is 3.15. The topological polar surface area (TPSA) is 62.3 Å². The number of carbonyl (C=O) groups excluding carboxylic acids is 2. The van der Waals surface area contributed by atoms with E-state index in [1.807, 2.05) is 12.3 Å². The van der Waals surface area contributed by atoms with Crippen molar-refractivity contribution in [2.45, 2.75) is 38.1 Å². The monoisotopic (exact) mass is 349 g/mol. The second-order valence-corrected chi connectivity index (χ2v) is 6.96. The van der Waals surface area contributed by atoms with Crippen molar-refractivity contribution < 1.29 is 9.59 Å². The predicted molar refractivity (Wildman–Crippen MR) is 99.0 cm³/mol. The van der Waals surface area contributed by atoms with E-state index in [0.717, 1.165) is 32.2 Å². The first-order valence-electron chi connectivity index (χ1n) is 9.38. The number of aromatic nitrogens is 1. The number of fused-ring (bicyclic) bond motifs is 2. The molecule has 0 bridgehead atoms. The van der Waals surface area contributed by atoms with Crippen molar-refractivity contribution in [3.8, 4) is 0 Å². The van der Waals surface area contributed by atoms with E-state index in [1.165, 1.54) is 22.6 Å². The van der Waals surface area contributed by atoms with Gasteiger partial charge in [-0.2, -0.15) is 0 Å². The molecule has 5 heteroatoms. The number of imide groups is 1. The molecular weight excluding hydrogens is 326 g/mol. The standard InChI is InChI=1S/C21H23N3O2/c25-20-16-9-1-2-10-17(16)21(26)24(20)14-4-3-12-22-18-11-5-7-15-8-6-13-23-19(15)18/h1-2,6,8-10,13,18,22H,3-5,7,11-12,14H2/t18-/m0/s1. The fourth-order valence-corrected chi connectivity index (χ4v) is 3.92. The summed E-state index contributed by atoms with van der Waals surface area (Å²) in [5, 5.41) is 3.59. The maximum absolute atomic E-state index is 12.3. The first kappa shape index (κ1) is 16.9. The first-order valence-corrected chi connectivity index (χ1v) is 9.38. The Labute approximate surface area is 153 Å². The summed E-state index contributed by atoms with van der Waals surface area (Å²) in [5.74, 6) is -0.326.